The smallest absolute Gasteiger partial charge is 0.307 e. The molecule has 0 spiro atoms. The van der Waals surface area contributed by atoms with Crippen molar-refractivity contribution in [2.75, 3.05) is 7.11 Å². The highest BCUT2D eigenvalue weighted by Gasteiger charge is 2.20. The number of ether oxygens (including phenoxy) is 1. The summed E-state index contributed by atoms with van der Waals surface area (Å²) in [5.74, 6) is -0.730. The van der Waals surface area contributed by atoms with E-state index < -0.39 is 12.0 Å². The summed E-state index contributed by atoms with van der Waals surface area (Å²) in [5.41, 5.74) is 2.75. The molecule has 1 aromatic heterocycles. The summed E-state index contributed by atoms with van der Waals surface area (Å²) in [6.07, 6.45) is 0.0476. The molecule has 1 atom stereocenters. The Balaban J connectivity index is 1.77. The SMILES string of the molecule is COC(=O)C[C@H](NC(=O)c1cc(-c2ccccc2)n[nH]1)c1ccccc1. The van der Waals surface area contributed by atoms with Crippen LogP contribution in [0.2, 0.25) is 0 Å². The first-order chi connectivity index (χ1) is 12.7. The zero-order valence-corrected chi connectivity index (χ0v) is 14.3. The molecule has 1 heterocycles. The van der Waals surface area contributed by atoms with Crippen LogP contribution in [0, 0.1) is 0 Å². The molecule has 6 heteroatoms. The van der Waals surface area contributed by atoms with Gasteiger partial charge in [0.05, 0.1) is 25.3 Å². The molecule has 0 fully saturated rings. The van der Waals surface area contributed by atoms with Crippen LogP contribution < -0.4 is 5.32 Å². The molecule has 0 saturated heterocycles. The van der Waals surface area contributed by atoms with Gasteiger partial charge < -0.3 is 10.1 Å². The minimum Gasteiger partial charge on any atom is -0.469 e. The third kappa shape index (κ3) is 4.16. The number of carbonyl (C=O) groups excluding carboxylic acids is 2. The first kappa shape index (κ1) is 17.4. The van der Waals surface area contributed by atoms with Crippen LogP contribution in [-0.2, 0) is 9.53 Å². The number of hydrogen-bond donors (Lipinski definition) is 2. The minimum atomic E-state index is -0.486. The third-order valence-electron chi connectivity index (χ3n) is 4.00. The number of hydrogen-bond acceptors (Lipinski definition) is 4. The van der Waals surface area contributed by atoms with Crippen molar-refractivity contribution in [1.29, 1.82) is 0 Å². The topological polar surface area (TPSA) is 84.1 Å². The van der Waals surface area contributed by atoms with E-state index in [0.29, 0.717) is 11.4 Å². The fourth-order valence-corrected chi connectivity index (χ4v) is 2.62. The Morgan fingerprint density at radius 3 is 2.38 bits per heavy atom. The van der Waals surface area contributed by atoms with Crippen molar-refractivity contribution in [3.8, 4) is 11.3 Å². The van der Waals surface area contributed by atoms with E-state index in [-0.39, 0.29) is 12.3 Å². The summed E-state index contributed by atoms with van der Waals surface area (Å²) < 4.78 is 4.74. The van der Waals surface area contributed by atoms with Gasteiger partial charge in [-0.25, -0.2) is 0 Å². The molecule has 0 aliphatic carbocycles. The van der Waals surface area contributed by atoms with Gasteiger partial charge in [-0.15, -0.1) is 0 Å². The standard InChI is InChI=1S/C20H19N3O3/c1-26-19(24)13-16(14-8-4-2-5-9-14)21-20(25)18-12-17(22-23-18)15-10-6-3-7-11-15/h2-12,16H,13H2,1H3,(H,21,25)(H,22,23)/t16-/m0/s1. The maximum atomic E-state index is 12.6. The van der Waals surface area contributed by atoms with E-state index in [1.54, 1.807) is 6.07 Å². The van der Waals surface area contributed by atoms with Gasteiger partial charge in [-0.05, 0) is 11.6 Å². The van der Waals surface area contributed by atoms with E-state index in [4.69, 9.17) is 4.74 Å². The van der Waals surface area contributed by atoms with Crippen LogP contribution in [0.5, 0.6) is 0 Å². The number of carbonyl (C=O) groups is 2. The summed E-state index contributed by atoms with van der Waals surface area (Å²) in [7, 11) is 1.33. The Labute approximate surface area is 151 Å². The van der Waals surface area contributed by atoms with Gasteiger partial charge in [0.2, 0.25) is 0 Å². The van der Waals surface area contributed by atoms with Crippen LogP contribution in [-0.4, -0.2) is 29.2 Å². The van der Waals surface area contributed by atoms with Crippen molar-refractivity contribution in [1.82, 2.24) is 15.5 Å². The van der Waals surface area contributed by atoms with E-state index >= 15 is 0 Å². The first-order valence-corrected chi connectivity index (χ1v) is 8.21. The lowest BCUT2D eigenvalue weighted by Gasteiger charge is -2.17. The zero-order valence-electron chi connectivity index (χ0n) is 14.3. The largest absolute Gasteiger partial charge is 0.469 e. The predicted molar refractivity (Wildman–Crippen MR) is 97.3 cm³/mol. The van der Waals surface area contributed by atoms with E-state index in [0.717, 1.165) is 11.1 Å². The van der Waals surface area contributed by atoms with Gasteiger partial charge in [0, 0.05) is 5.56 Å². The Kier molecular flexibility index (Phi) is 5.43. The van der Waals surface area contributed by atoms with Gasteiger partial charge in [-0.1, -0.05) is 60.7 Å². The highest BCUT2D eigenvalue weighted by atomic mass is 16.5. The molecule has 26 heavy (non-hydrogen) atoms. The lowest BCUT2D eigenvalue weighted by atomic mass is 10.0. The second-order valence-electron chi connectivity index (χ2n) is 5.75. The average molecular weight is 349 g/mol. The Morgan fingerprint density at radius 2 is 1.73 bits per heavy atom. The molecule has 0 bridgehead atoms. The Hall–Kier alpha value is -3.41. The van der Waals surface area contributed by atoms with E-state index in [1.165, 1.54) is 7.11 Å². The number of nitrogens with one attached hydrogen (secondary N) is 2. The van der Waals surface area contributed by atoms with Gasteiger partial charge in [0.25, 0.3) is 5.91 Å². The molecule has 1 amide bonds. The second kappa shape index (κ2) is 8.11. The van der Waals surface area contributed by atoms with Crippen LogP contribution in [0.25, 0.3) is 11.3 Å². The molecule has 0 radical (unpaired) electrons. The molecule has 0 unspecified atom stereocenters. The highest BCUT2D eigenvalue weighted by Crippen LogP contribution is 2.20. The number of amides is 1. The summed E-state index contributed by atoms with van der Waals surface area (Å²) in [6, 6.07) is 20.1. The number of aromatic nitrogens is 2. The number of methoxy groups -OCH3 is 1. The molecule has 2 N–H and O–H groups in total. The van der Waals surface area contributed by atoms with Gasteiger partial charge >= 0.3 is 5.97 Å². The van der Waals surface area contributed by atoms with Crippen molar-refractivity contribution < 1.29 is 14.3 Å². The van der Waals surface area contributed by atoms with Crippen molar-refractivity contribution in [2.24, 2.45) is 0 Å². The molecular weight excluding hydrogens is 330 g/mol. The maximum absolute atomic E-state index is 12.6. The first-order valence-electron chi connectivity index (χ1n) is 8.21. The van der Waals surface area contributed by atoms with Crippen molar-refractivity contribution in [2.45, 2.75) is 12.5 Å². The Morgan fingerprint density at radius 1 is 1.08 bits per heavy atom. The maximum Gasteiger partial charge on any atom is 0.307 e. The lowest BCUT2D eigenvalue weighted by Crippen LogP contribution is -2.30. The van der Waals surface area contributed by atoms with Crippen LogP contribution in [0.1, 0.15) is 28.5 Å². The fourth-order valence-electron chi connectivity index (χ4n) is 2.62. The molecule has 3 rings (SSSR count). The van der Waals surface area contributed by atoms with Crippen molar-refractivity contribution in [3.63, 3.8) is 0 Å². The number of benzene rings is 2. The molecule has 3 aromatic rings. The van der Waals surface area contributed by atoms with E-state index in [9.17, 15) is 9.59 Å². The fraction of sp³-hybridized carbons (Fsp3) is 0.150. The molecule has 132 valence electrons. The average Bonchev–Trinajstić information content (AvgIpc) is 3.19. The molecular formula is C20H19N3O3. The summed E-state index contributed by atoms with van der Waals surface area (Å²) in [4.78, 5) is 24.3. The third-order valence-corrected chi connectivity index (χ3v) is 4.00. The van der Waals surface area contributed by atoms with Crippen LogP contribution in [0.3, 0.4) is 0 Å². The molecule has 0 saturated carbocycles. The van der Waals surface area contributed by atoms with Gasteiger partial charge in [-0.3, -0.25) is 14.7 Å². The van der Waals surface area contributed by atoms with E-state index in [1.807, 2.05) is 60.7 Å². The predicted octanol–water partition coefficient (Wildman–Crippen LogP) is 3.11. The van der Waals surface area contributed by atoms with Gasteiger partial charge in [0.1, 0.15) is 5.69 Å². The molecule has 2 aromatic carbocycles. The van der Waals surface area contributed by atoms with Crippen LogP contribution in [0.15, 0.2) is 66.7 Å². The normalized spacial score (nSPS) is 11.6. The highest BCUT2D eigenvalue weighted by molar-refractivity contribution is 5.93. The van der Waals surface area contributed by atoms with Crippen molar-refractivity contribution >= 4 is 11.9 Å². The Bertz CT molecular complexity index is 876. The number of nitrogens with zero attached hydrogens (tertiary/aromatic N) is 1. The summed E-state index contributed by atoms with van der Waals surface area (Å²) in [6.45, 7) is 0. The molecule has 0 aliphatic rings. The number of rotatable bonds is 6. The van der Waals surface area contributed by atoms with Crippen LogP contribution in [0.4, 0.5) is 0 Å². The van der Waals surface area contributed by atoms with Crippen LogP contribution >= 0.6 is 0 Å². The van der Waals surface area contributed by atoms with E-state index in [2.05, 4.69) is 15.5 Å². The lowest BCUT2D eigenvalue weighted by molar-refractivity contribution is -0.141. The second-order valence-corrected chi connectivity index (χ2v) is 5.75. The summed E-state index contributed by atoms with van der Waals surface area (Å²) in [5, 5.41) is 9.81. The number of H-pyrrole nitrogens is 1. The monoisotopic (exact) mass is 349 g/mol. The number of aromatic amines is 1. The molecule has 0 aliphatic heterocycles. The van der Waals surface area contributed by atoms with Gasteiger partial charge in [-0.2, -0.15) is 5.10 Å². The van der Waals surface area contributed by atoms with Gasteiger partial charge in [0.15, 0.2) is 0 Å². The quantitative estimate of drug-likeness (QED) is 0.670. The minimum absolute atomic E-state index is 0.0476. The number of esters is 1. The zero-order chi connectivity index (χ0) is 18.4. The molecule has 6 nitrogen and oxygen atoms in total. The van der Waals surface area contributed by atoms with Crippen molar-refractivity contribution in [3.05, 3.63) is 78.0 Å². The summed E-state index contributed by atoms with van der Waals surface area (Å²) >= 11 is 0.